The van der Waals surface area contributed by atoms with Gasteiger partial charge in [-0.15, -0.1) is 0 Å². The number of carbonyl (C=O) groups is 1. The normalized spacial score (nSPS) is 34.2. The van der Waals surface area contributed by atoms with E-state index in [0.29, 0.717) is 12.5 Å². The molecule has 5 aliphatic rings. The van der Waals surface area contributed by atoms with Crippen molar-refractivity contribution in [2.24, 2.45) is 16.7 Å². The largest absolute Gasteiger partial charge is 0.458 e. The predicted molar refractivity (Wildman–Crippen MR) is 143 cm³/mol. The fraction of sp³-hybridized carbons (Fsp3) is 0.897. The number of nitrogens with zero attached hydrogens (tertiary/aromatic N) is 2. The maximum Gasteiger partial charge on any atom is 0.335 e. The molecule has 204 valence electrons. The summed E-state index contributed by atoms with van der Waals surface area (Å²) < 4.78 is 37.3. The second-order valence-corrected chi connectivity index (χ2v) is 15.0. The van der Waals surface area contributed by atoms with Crippen molar-refractivity contribution in [3.05, 3.63) is 11.6 Å². The Hall–Kier alpha value is -0.920. The number of hydrogen-bond donors (Lipinski definition) is 0. The molecule has 3 atom stereocenters. The van der Waals surface area contributed by atoms with Gasteiger partial charge in [0.25, 0.3) is 0 Å². The van der Waals surface area contributed by atoms with Gasteiger partial charge in [0, 0.05) is 36.2 Å². The van der Waals surface area contributed by atoms with Crippen LogP contribution < -0.4 is 0 Å². The molecule has 4 saturated carbocycles. The Labute approximate surface area is 219 Å². The van der Waals surface area contributed by atoms with Gasteiger partial charge in [-0.2, -0.15) is 4.31 Å². The van der Waals surface area contributed by atoms with E-state index in [1.807, 2.05) is 17.4 Å². The minimum absolute atomic E-state index is 0.132. The second-order valence-electron chi connectivity index (χ2n) is 13.2. The molecule has 0 unspecified atom stereocenters. The second kappa shape index (κ2) is 10.3. The molecule has 1 heterocycles. The van der Waals surface area contributed by atoms with Crippen molar-refractivity contribution >= 4 is 16.0 Å². The number of sulfonamides is 1. The number of fused-ring (bicyclic) bond motifs is 2. The number of ether oxygens (including phenoxy) is 1. The minimum Gasteiger partial charge on any atom is -0.458 e. The van der Waals surface area contributed by atoms with Crippen molar-refractivity contribution in [2.75, 3.05) is 25.9 Å². The third-order valence-corrected chi connectivity index (χ3v) is 13.0. The maximum atomic E-state index is 14.5. The van der Waals surface area contributed by atoms with Crippen molar-refractivity contribution in [3.8, 4) is 0 Å². The lowest BCUT2D eigenvalue weighted by Crippen LogP contribution is -2.54. The number of rotatable bonds is 7. The number of likely N-dealkylation sites (N-methyl/N-ethyl adjacent to an activating group) is 1. The summed E-state index contributed by atoms with van der Waals surface area (Å²) in [7, 11) is -1.48. The molecule has 7 heteroatoms. The summed E-state index contributed by atoms with van der Waals surface area (Å²) in [5, 5.41) is 0. The molecule has 0 aromatic rings. The average Bonchev–Trinajstić information content (AvgIpc) is 3.20. The molecule has 2 bridgehead atoms. The summed E-state index contributed by atoms with van der Waals surface area (Å²) in [5.74, 6) is 0.308. The highest BCUT2D eigenvalue weighted by molar-refractivity contribution is 7.89. The molecule has 0 radical (unpaired) electrons. The van der Waals surface area contributed by atoms with Gasteiger partial charge in [0.2, 0.25) is 10.0 Å². The van der Waals surface area contributed by atoms with Gasteiger partial charge < -0.3 is 9.64 Å². The lowest BCUT2D eigenvalue weighted by atomic mass is 9.69. The molecule has 1 aliphatic heterocycles. The maximum absolute atomic E-state index is 14.5. The SMILES string of the molecule is CN1CCC=C(C(=O)O[C@@H]2C[C@H]3CC[C@@]2(CS(=O)(=O)N(C2CCCCC2)C2CCCCC2)C3(C)C)C1. The van der Waals surface area contributed by atoms with Crippen molar-refractivity contribution < 1.29 is 17.9 Å². The zero-order chi connectivity index (χ0) is 25.6. The van der Waals surface area contributed by atoms with E-state index < -0.39 is 15.4 Å². The van der Waals surface area contributed by atoms with E-state index in [2.05, 4.69) is 18.7 Å². The minimum atomic E-state index is -3.50. The number of esters is 1. The van der Waals surface area contributed by atoms with E-state index in [9.17, 15) is 13.2 Å². The van der Waals surface area contributed by atoms with E-state index in [0.717, 1.165) is 89.2 Å². The summed E-state index contributed by atoms with van der Waals surface area (Å²) in [4.78, 5) is 15.4. The van der Waals surface area contributed by atoms with E-state index >= 15 is 0 Å². The van der Waals surface area contributed by atoms with E-state index in [1.54, 1.807) is 0 Å². The fourth-order valence-electron chi connectivity index (χ4n) is 8.58. The summed E-state index contributed by atoms with van der Waals surface area (Å²) in [6.07, 6.45) is 16.2. The van der Waals surface area contributed by atoms with Crippen molar-refractivity contribution in [2.45, 2.75) is 122 Å². The highest BCUT2D eigenvalue weighted by Crippen LogP contribution is 2.67. The van der Waals surface area contributed by atoms with Crippen LogP contribution in [0.5, 0.6) is 0 Å². The average molecular weight is 521 g/mol. The Morgan fingerprint density at radius 3 is 2.19 bits per heavy atom. The van der Waals surface area contributed by atoms with Gasteiger partial charge in [-0.3, -0.25) is 0 Å². The first kappa shape index (κ1) is 26.7. The van der Waals surface area contributed by atoms with Gasteiger partial charge in [-0.25, -0.2) is 13.2 Å². The van der Waals surface area contributed by atoms with Gasteiger partial charge in [0.05, 0.1) is 5.75 Å². The van der Waals surface area contributed by atoms with Crippen LogP contribution in [-0.2, 0) is 19.6 Å². The van der Waals surface area contributed by atoms with Crippen LogP contribution in [0, 0.1) is 16.7 Å². The van der Waals surface area contributed by atoms with Gasteiger partial charge in [-0.05, 0) is 69.7 Å². The molecule has 36 heavy (non-hydrogen) atoms. The van der Waals surface area contributed by atoms with E-state index in [-0.39, 0.29) is 35.3 Å². The van der Waals surface area contributed by atoms with E-state index in [4.69, 9.17) is 4.74 Å². The molecular weight excluding hydrogens is 472 g/mol. The summed E-state index contributed by atoms with van der Waals surface area (Å²) in [6.45, 7) is 6.05. The molecule has 6 nitrogen and oxygen atoms in total. The van der Waals surface area contributed by atoms with Crippen LogP contribution >= 0.6 is 0 Å². The molecule has 4 aliphatic carbocycles. The lowest BCUT2D eigenvalue weighted by molar-refractivity contribution is -0.152. The standard InChI is InChI=1S/C29H48N2O4S/c1-28(2)23-16-17-29(28,26(19-23)35-27(32)22-11-10-18-30(3)20-22)21-36(33,34)31(24-12-6-4-7-13-24)25-14-8-5-9-15-25/h11,23-26H,4-10,12-21H2,1-3H3/t23-,26-,29+/m1/s1. The fourth-order valence-corrected chi connectivity index (χ4v) is 11.4. The topological polar surface area (TPSA) is 66.9 Å². The zero-order valence-corrected chi connectivity index (χ0v) is 23.7. The molecule has 0 amide bonds. The summed E-state index contributed by atoms with van der Waals surface area (Å²) >= 11 is 0. The van der Waals surface area contributed by atoms with Gasteiger partial charge >= 0.3 is 5.97 Å². The van der Waals surface area contributed by atoms with E-state index in [1.165, 1.54) is 12.8 Å². The van der Waals surface area contributed by atoms with Crippen molar-refractivity contribution in [3.63, 3.8) is 0 Å². The summed E-state index contributed by atoms with van der Waals surface area (Å²) in [5.41, 5.74) is 0.0657. The van der Waals surface area contributed by atoms with Crippen LogP contribution in [0.15, 0.2) is 11.6 Å². The Morgan fingerprint density at radius 1 is 1.03 bits per heavy atom. The molecule has 0 N–H and O–H groups in total. The molecule has 0 aromatic carbocycles. The van der Waals surface area contributed by atoms with Crippen molar-refractivity contribution in [1.29, 1.82) is 0 Å². The highest BCUT2D eigenvalue weighted by Gasteiger charge is 2.67. The highest BCUT2D eigenvalue weighted by atomic mass is 32.2. The Balaban J connectivity index is 1.42. The Kier molecular flexibility index (Phi) is 7.66. The molecule has 0 saturated heterocycles. The monoisotopic (exact) mass is 520 g/mol. The van der Waals surface area contributed by atoms with Gasteiger partial charge in [0.1, 0.15) is 6.10 Å². The first-order valence-corrected chi connectivity index (χ1v) is 16.3. The van der Waals surface area contributed by atoms with Crippen LogP contribution in [-0.4, -0.2) is 67.7 Å². The molecule has 0 aromatic heterocycles. The van der Waals surface area contributed by atoms with Gasteiger partial charge in [-0.1, -0.05) is 58.4 Å². The Bertz CT molecular complexity index is 930. The van der Waals surface area contributed by atoms with Crippen LogP contribution in [0.1, 0.15) is 104 Å². The molecule has 4 fully saturated rings. The molecule has 5 rings (SSSR count). The third-order valence-electron chi connectivity index (χ3n) is 10.8. The van der Waals surface area contributed by atoms with Crippen molar-refractivity contribution in [1.82, 2.24) is 9.21 Å². The number of hydrogen-bond acceptors (Lipinski definition) is 5. The third kappa shape index (κ3) is 4.82. The zero-order valence-electron chi connectivity index (χ0n) is 22.8. The number of carbonyl (C=O) groups excluding carboxylic acids is 1. The van der Waals surface area contributed by atoms with Crippen LogP contribution in [0.2, 0.25) is 0 Å². The van der Waals surface area contributed by atoms with Crippen LogP contribution in [0.4, 0.5) is 0 Å². The van der Waals surface area contributed by atoms with Crippen LogP contribution in [0.25, 0.3) is 0 Å². The summed E-state index contributed by atoms with van der Waals surface area (Å²) in [6, 6.07) is 0.294. The molecule has 0 spiro atoms. The quantitative estimate of drug-likeness (QED) is 0.427. The van der Waals surface area contributed by atoms with Gasteiger partial charge in [0.15, 0.2) is 0 Å². The smallest absolute Gasteiger partial charge is 0.335 e. The predicted octanol–water partition coefficient (Wildman–Crippen LogP) is 5.28. The lowest BCUT2D eigenvalue weighted by Gasteiger charge is -2.46. The first-order chi connectivity index (χ1) is 17.1. The Morgan fingerprint density at radius 2 is 1.64 bits per heavy atom. The first-order valence-electron chi connectivity index (χ1n) is 14.7. The molecular formula is C29H48N2O4S. The van der Waals surface area contributed by atoms with Crippen LogP contribution in [0.3, 0.4) is 0 Å².